The molecule has 31 heavy (non-hydrogen) atoms. The van der Waals surface area contributed by atoms with Crippen molar-refractivity contribution >= 4 is 11.7 Å². The predicted molar refractivity (Wildman–Crippen MR) is 125 cm³/mol. The molecule has 0 bridgehead atoms. The number of allylic oxidation sites excluding steroid dienone is 1. The molecule has 172 valence electrons. The summed E-state index contributed by atoms with van der Waals surface area (Å²) in [5.74, 6) is 0.508. The van der Waals surface area contributed by atoms with Crippen molar-refractivity contribution in [2.24, 2.45) is 11.7 Å². The monoisotopic (exact) mass is 429 g/mol. The van der Waals surface area contributed by atoms with E-state index in [2.05, 4.69) is 29.2 Å². The average Bonchev–Trinajstić information content (AvgIpc) is 2.99. The maximum Gasteiger partial charge on any atom is 0.410 e. The van der Waals surface area contributed by atoms with E-state index in [0.717, 1.165) is 45.3 Å². The molecule has 6 nitrogen and oxygen atoms in total. The fraction of sp³-hybridized carbons (Fsp3) is 0.640. The Morgan fingerprint density at radius 1 is 1.13 bits per heavy atom. The molecule has 1 amide bonds. The van der Waals surface area contributed by atoms with Gasteiger partial charge < -0.3 is 25.0 Å². The van der Waals surface area contributed by atoms with Gasteiger partial charge in [-0.1, -0.05) is 30.3 Å². The molecule has 0 aromatic heterocycles. The maximum absolute atomic E-state index is 12.7. The Hall–Kier alpha value is -2.05. The standard InChI is InChI=1S/C25H39N3O3/c1-25(2,3)31-24(29)28-16-18-30-17-12-22(28)11-15-27-13-9-21(10-14-27)23(19-26)20-7-5-4-6-8-20/h4-8,19,21-22H,9-18,26H2,1-3H3/b23-19+. The third-order valence-electron chi connectivity index (χ3n) is 6.23. The lowest BCUT2D eigenvalue weighted by Crippen LogP contribution is -2.45. The number of rotatable bonds is 5. The van der Waals surface area contributed by atoms with E-state index in [1.165, 1.54) is 11.1 Å². The van der Waals surface area contributed by atoms with Gasteiger partial charge in [0, 0.05) is 25.7 Å². The van der Waals surface area contributed by atoms with Crippen molar-refractivity contribution in [1.29, 1.82) is 0 Å². The highest BCUT2D eigenvalue weighted by Gasteiger charge is 2.30. The first-order valence-corrected chi connectivity index (χ1v) is 11.6. The molecule has 2 saturated heterocycles. The van der Waals surface area contributed by atoms with Crippen LogP contribution in [0.2, 0.25) is 0 Å². The van der Waals surface area contributed by atoms with Crippen molar-refractivity contribution < 1.29 is 14.3 Å². The van der Waals surface area contributed by atoms with Gasteiger partial charge in [-0.2, -0.15) is 0 Å². The van der Waals surface area contributed by atoms with Crippen LogP contribution in [0.1, 0.15) is 52.0 Å². The van der Waals surface area contributed by atoms with Crippen LogP contribution in [0, 0.1) is 5.92 Å². The number of nitrogens with two attached hydrogens (primary N) is 1. The smallest absolute Gasteiger partial charge is 0.410 e. The second-order valence-electron chi connectivity index (χ2n) is 9.62. The second kappa shape index (κ2) is 11.0. The van der Waals surface area contributed by atoms with Gasteiger partial charge in [-0.15, -0.1) is 0 Å². The number of amides is 1. The van der Waals surface area contributed by atoms with Gasteiger partial charge in [0.1, 0.15) is 5.60 Å². The summed E-state index contributed by atoms with van der Waals surface area (Å²) in [4.78, 5) is 17.1. The highest BCUT2D eigenvalue weighted by atomic mass is 16.6. The molecule has 0 aliphatic carbocycles. The molecule has 0 spiro atoms. The largest absolute Gasteiger partial charge is 0.444 e. The van der Waals surface area contributed by atoms with E-state index in [-0.39, 0.29) is 12.1 Å². The molecule has 1 unspecified atom stereocenters. The highest BCUT2D eigenvalue weighted by Crippen LogP contribution is 2.31. The molecule has 1 aromatic carbocycles. The molecular formula is C25H39N3O3. The summed E-state index contributed by atoms with van der Waals surface area (Å²) in [5.41, 5.74) is 8.00. The van der Waals surface area contributed by atoms with Crippen molar-refractivity contribution in [3.63, 3.8) is 0 Å². The topological polar surface area (TPSA) is 68.0 Å². The van der Waals surface area contributed by atoms with Crippen LogP contribution in [0.15, 0.2) is 36.5 Å². The Bertz CT molecular complexity index is 721. The minimum absolute atomic E-state index is 0.166. The van der Waals surface area contributed by atoms with Gasteiger partial charge >= 0.3 is 6.09 Å². The number of carbonyl (C=O) groups is 1. The molecule has 1 atom stereocenters. The molecule has 2 heterocycles. The fourth-order valence-electron chi connectivity index (χ4n) is 4.58. The second-order valence-corrected chi connectivity index (χ2v) is 9.62. The van der Waals surface area contributed by atoms with Crippen molar-refractivity contribution in [2.45, 2.75) is 58.1 Å². The molecule has 2 aliphatic heterocycles. The molecular weight excluding hydrogens is 390 g/mol. The molecule has 0 saturated carbocycles. The Morgan fingerprint density at radius 3 is 2.48 bits per heavy atom. The predicted octanol–water partition coefficient (Wildman–Crippen LogP) is 4.11. The number of likely N-dealkylation sites (tertiary alicyclic amines) is 1. The molecule has 6 heteroatoms. The molecule has 0 radical (unpaired) electrons. The number of hydrogen-bond acceptors (Lipinski definition) is 5. The van der Waals surface area contributed by atoms with E-state index in [0.29, 0.717) is 25.7 Å². The first-order chi connectivity index (χ1) is 14.9. The van der Waals surface area contributed by atoms with Crippen LogP contribution in [0.4, 0.5) is 4.79 Å². The summed E-state index contributed by atoms with van der Waals surface area (Å²) in [7, 11) is 0. The van der Waals surface area contributed by atoms with E-state index in [4.69, 9.17) is 15.2 Å². The number of carbonyl (C=O) groups excluding carboxylic acids is 1. The van der Waals surface area contributed by atoms with Crippen LogP contribution in [0.25, 0.3) is 5.57 Å². The van der Waals surface area contributed by atoms with Crippen molar-refractivity contribution in [3.8, 4) is 0 Å². The van der Waals surface area contributed by atoms with Crippen LogP contribution >= 0.6 is 0 Å². The number of nitrogens with zero attached hydrogens (tertiary/aromatic N) is 2. The Balaban J connectivity index is 1.52. The van der Waals surface area contributed by atoms with Crippen LogP contribution in [0.3, 0.4) is 0 Å². The Morgan fingerprint density at radius 2 is 1.84 bits per heavy atom. The SMILES string of the molecule is CC(C)(C)OC(=O)N1CCOCCC1CCN1CCC(/C(=C/N)c2ccccc2)CC1. The Kier molecular flexibility index (Phi) is 8.38. The fourth-order valence-corrected chi connectivity index (χ4v) is 4.58. The quantitative estimate of drug-likeness (QED) is 0.763. The van der Waals surface area contributed by atoms with E-state index < -0.39 is 5.60 Å². The summed E-state index contributed by atoms with van der Waals surface area (Å²) in [6.45, 7) is 10.7. The normalized spacial score (nSPS) is 22.2. The van der Waals surface area contributed by atoms with Crippen molar-refractivity contribution in [2.75, 3.05) is 39.4 Å². The van der Waals surface area contributed by atoms with Gasteiger partial charge in [0.05, 0.1) is 6.61 Å². The zero-order valence-electron chi connectivity index (χ0n) is 19.4. The number of ether oxygens (including phenoxy) is 2. The molecule has 2 N–H and O–H groups in total. The third kappa shape index (κ3) is 6.97. The van der Waals surface area contributed by atoms with Gasteiger partial charge in [0.15, 0.2) is 0 Å². The van der Waals surface area contributed by atoms with Crippen molar-refractivity contribution in [1.82, 2.24) is 9.80 Å². The zero-order chi connectivity index (χ0) is 22.3. The average molecular weight is 430 g/mol. The molecule has 2 aliphatic rings. The lowest BCUT2D eigenvalue weighted by molar-refractivity contribution is 0.0143. The Labute approximate surface area is 187 Å². The number of hydrogen-bond donors (Lipinski definition) is 1. The summed E-state index contributed by atoms with van der Waals surface area (Å²) in [5, 5.41) is 0. The van der Waals surface area contributed by atoms with Gasteiger partial charge in [0.2, 0.25) is 0 Å². The lowest BCUT2D eigenvalue weighted by atomic mass is 9.85. The van der Waals surface area contributed by atoms with Crippen molar-refractivity contribution in [3.05, 3.63) is 42.1 Å². The molecule has 1 aromatic rings. The van der Waals surface area contributed by atoms with E-state index in [9.17, 15) is 4.79 Å². The zero-order valence-corrected chi connectivity index (χ0v) is 19.4. The third-order valence-corrected chi connectivity index (χ3v) is 6.23. The van der Waals surface area contributed by atoms with Gasteiger partial charge in [-0.3, -0.25) is 0 Å². The summed E-state index contributed by atoms with van der Waals surface area (Å²) in [6, 6.07) is 10.6. The van der Waals surface area contributed by atoms with Gasteiger partial charge in [-0.25, -0.2) is 4.79 Å². The highest BCUT2D eigenvalue weighted by molar-refractivity contribution is 5.68. The number of benzene rings is 1. The summed E-state index contributed by atoms with van der Waals surface area (Å²) in [6.07, 6.45) is 5.61. The molecule has 3 rings (SSSR count). The van der Waals surface area contributed by atoms with Crippen LogP contribution in [0.5, 0.6) is 0 Å². The van der Waals surface area contributed by atoms with E-state index >= 15 is 0 Å². The minimum atomic E-state index is -0.482. The summed E-state index contributed by atoms with van der Waals surface area (Å²) < 4.78 is 11.3. The van der Waals surface area contributed by atoms with Gasteiger partial charge in [0.25, 0.3) is 0 Å². The van der Waals surface area contributed by atoms with Crippen LogP contribution in [-0.4, -0.2) is 66.9 Å². The van der Waals surface area contributed by atoms with Crippen LogP contribution < -0.4 is 5.73 Å². The van der Waals surface area contributed by atoms with Gasteiger partial charge in [-0.05, 0) is 82.8 Å². The van der Waals surface area contributed by atoms with E-state index in [1.54, 1.807) is 6.20 Å². The maximum atomic E-state index is 12.7. The number of piperidine rings is 1. The first kappa shape index (κ1) is 23.6. The van der Waals surface area contributed by atoms with Crippen LogP contribution in [-0.2, 0) is 9.47 Å². The summed E-state index contributed by atoms with van der Waals surface area (Å²) >= 11 is 0. The minimum Gasteiger partial charge on any atom is -0.444 e. The molecule has 2 fully saturated rings. The first-order valence-electron chi connectivity index (χ1n) is 11.6. The lowest BCUT2D eigenvalue weighted by Gasteiger charge is -2.36. The van der Waals surface area contributed by atoms with E-state index in [1.807, 2.05) is 31.7 Å².